The molecular weight excluding hydrogens is 631 g/mol. The molecule has 6 nitrogen and oxygen atoms in total. The van der Waals surface area contributed by atoms with Crippen LogP contribution in [-0.2, 0) is 0 Å². The Bertz CT molecular complexity index is 1430. The summed E-state index contributed by atoms with van der Waals surface area (Å²) in [6.07, 6.45) is 0. The average Bonchev–Trinajstić information content (AvgIpc) is 2.91. The summed E-state index contributed by atoms with van der Waals surface area (Å²) in [7, 11) is 1.51. The van der Waals surface area contributed by atoms with Crippen molar-refractivity contribution in [3.63, 3.8) is 0 Å². The maximum absolute atomic E-state index is 14.2. The topological polar surface area (TPSA) is 56.8 Å². The SMILES string of the molecule is COc1ccc(C(=O)NC(=S)Nc2ccc(N3CCN(c4c(F)c(F)c(F)c(F)c4F)CC3)c(Cl)c2)cc1Br. The van der Waals surface area contributed by atoms with Crippen molar-refractivity contribution in [1.29, 1.82) is 0 Å². The smallest absolute Gasteiger partial charge is 0.257 e. The van der Waals surface area contributed by atoms with Gasteiger partial charge in [-0.25, -0.2) is 22.0 Å². The first-order chi connectivity index (χ1) is 18.5. The van der Waals surface area contributed by atoms with E-state index in [1.54, 1.807) is 36.4 Å². The molecule has 0 aliphatic carbocycles. The molecule has 1 aliphatic heterocycles. The van der Waals surface area contributed by atoms with Crippen molar-refractivity contribution < 1.29 is 31.5 Å². The number of hydrogen-bond donors (Lipinski definition) is 2. The van der Waals surface area contributed by atoms with Crippen molar-refractivity contribution in [2.24, 2.45) is 0 Å². The molecule has 1 heterocycles. The number of piperazine rings is 1. The highest BCUT2D eigenvalue weighted by atomic mass is 79.9. The van der Waals surface area contributed by atoms with E-state index >= 15 is 0 Å². The van der Waals surface area contributed by atoms with Crippen LogP contribution in [0.1, 0.15) is 10.4 Å². The first kappa shape index (κ1) is 28.8. The van der Waals surface area contributed by atoms with E-state index in [2.05, 4.69) is 26.6 Å². The van der Waals surface area contributed by atoms with Gasteiger partial charge in [-0.2, -0.15) is 0 Å². The number of nitrogens with one attached hydrogen (secondary N) is 2. The van der Waals surface area contributed by atoms with Gasteiger partial charge in [0.2, 0.25) is 5.82 Å². The number of methoxy groups -OCH3 is 1. The summed E-state index contributed by atoms with van der Waals surface area (Å²) >= 11 is 15.0. The number of hydrogen-bond acceptors (Lipinski definition) is 5. The van der Waals surface area contributed by atoms with Crippen LogP contribution in [0.2, 0.25) is 5.02 Å². The summed E-state index contributed by atoms with van der Waals surface area (Å²) in [4.78, 5) is 15.4. The molecule has 1 fully saturated rings. The van der Waals surface area contributed by atoms with Crippen LogP contribution >= 0.6 is 39.7 Å². The van der Waals surface area contributed by atoms with Crippen LogP contribution in [0.25, 0.3) is 0 Å². The highest BCUT2D eigenvalue weighted by Gasteiger charge is 2.31. The second kappa shape index (κ2) is 11.9. The van der Waals surface area contributed by atoms with Gasteiger partial charge in [0, 0.05) is 37.4 Å². The summed E-state index contributed by atoms with van der Waals surface area (Å²) < 4.78 is 74.8. The zero-order valence-corrected chi connectivity index (χ0v) is 23.2. The molecule has 0 spiro atoms. The van der Waals surface area contributed by atoms with Crippen molar-refractivity contribution in [3.05, 3.63) is 80.5 Å². The molecule has 1 amide bonds. The Morgan fingerprint density at radius 1 is 0.923 bits per heavy atom. The Balaban J connectivity index is 1.38. The Morgan fingerprint density at radius 2 is 1.51 bits per heavy atom. The van der Waals surface area contributed by atoms with Crippen LogP contribution < -0.4 is 25.2 Å². The number of rotatable bonds is 5. The van der Waals surface area contributed by atoms with E-state index in [0.717, 1.165) is 4.90 Å². The van der Waals surface area contributed by atoms with Gasteiger partial charge in [0.15, 0.2) is 28.4 Å². The zero-order chi connectivity index (χ0) is 28.4. The third-order valence-corrected chi connectivity index (χ3v) is 7.10. The predicted molar refractivity (Wildman–Crippen MR) is 146 cm³/mol. The molecule has 2 N–H and O–H groups in total. The largest absolute Gasteiger partial charge is 0.496 e. The maximum atomic E-state index is 14.2. The van der Waals surface area contributed by atoms with E-state index < -0.39 is 40.7 Å². The number of benzene rings is 3. The lowest BCUT2D eigenvalue weighted by Gasteiger charge is -2.38. The molecule has 0 radical (unpaired) electrons. The summed E-state index contributed by atoms with van der Waals surface area (Å²) in [5.41, 5.74) is 0.488. The van der Waals surface area contributed by atoms with Crippen LogP contribution in [0.5, 0.6) is 5.75 Å². The van der Waals surface area contributed by atoms with Gasteiger partial charge in [-0.05, 0) is 64.5 Å². The molecular formula is C25H19BrClF5N4O2S. The molecule has 3 aromatic carbocycles. The van der Waals surface area contributed by atoms with Crippen molar-refractivity contribution in [2.75, 3.05) is 48.4 Å². The standard InChI is InChI=1S/C25H19BrClF5N4O2S/c1-38-17-5-2-12(10-14(17)26)24(37)34-25(39)33-13-3-4-16(15(27)11-13)35-6-8-36(9-7-35)23-21(31)19(29)18(28)20(30)22(23)32/h2-5,10-11H,6-9H2,1H3,(H2,33,34,37,39). The number of thiocarbonyl (C=S) groups is 1. The van der Waals surface area contributed by atoms with Crippen molar-refractivity contribution >= 4 is 67.8 Å². The van der Waals surface area contributed by atoms with E-state index in [1.165, 1.54) is 7.11 Å². The summed E-state index contributed by atoms with van der Waals surface area (Å²) in [6, 6.07) is 9.74. The molecule has 206 valence electrons. The molecule has 39 heavy (non-hydrogen) atoms. The molecule has 0 bridgehead atoms. The van der Waals surface area contributed by atoms with Gasteiger partial charge >= 0.3 is 0 Å². The minimum Gasteiger partial charge on any atom is -0.496 e. The van der Waals surface area contributed by atoms with Gasteiger partial charge in [-0.3, -0.25) is 10.1 Å². The number of carbonyl (C=O) groups excluding carboxylic acids is 1. The first-order valence-electron chi connectivity index (χ1n) is 11.3. The molecule has 4 rings (SSSR count). The van der Waals surface area contributed by atoms with E-state index in [9.17, 15) is 26.7 Å². The summed E-state index contributed by atoms with van der Waals surface area (Å²) in [5, 5.41) is 5.80. The number of carbonyl (C=O) groups is 1. The lowest BCUT2D eigenvalue weighted by atomic mass is 10.2. The van der Waals surface area contributed by atoms with Crippen LogP contribution in [-0.4, -0.2) is 44.3 Å². The van der Waals surface area contributed by atoms with Gasteiger partial charge in [0.1, 0.15) is 11.4 Å². The fourth-order valence-electron chi connectivity index (χ4n) is 4.03. The van der Waals surface area contributed by atoms with Crippen LogP contribution in [0, 0.1) is 29.1 Å². The Labute approximate surface area is 238 Å². The van der Waals surface area contributed by atoms with Crippen LogP contribution in [0.15, 0.2) is 40.9 Å². The molecule has 1 aliphatic rings. The monoisotopic (exact) mass is 648 g/mol. The minimum absolute atomic E-state index is 0.00766. The molecule has 0 aromatic heterocycles. The third kappa shape index (κ3) is 6.04. The molecule has 0 atom stereocenters. The van der Waals surface area contributed by atoms with Gasteiger partial charge in [-0.15, -0.1) is 0 Å². The zero-order valence-electron chi connectivity index (χ0n) is 20.1. The molecule has 0 unspecified atom stereocenters. The second-order valence-corrected chi connectivity index (χ2v) is 9.99. The lowest BCUT2D eigenvalue weighted by molar-refractivity contribution is 0.0977. The molecule has 3 aromatic rings. The normalized spacial score (nSPS) is 13.3. The van der Waals surface area contributed by atoms with E-state index in [1.807, 2.05) is 4.90 Å². The van der Waals surface area contributed by atoms with Gasteiger partial charge in [0.05, 0.1) is 22.3 Å². The quantitative estimate of drug-likeness (QED) is 0.147. The van der Waals surface area contributed by atoms with E-state index in [-0.39, 0.29) is 31.3 Å². The second-order valence-electron chi connectivity index (χ2n) is 8.32. The number of amides is 1. The lowest BCUT2D eigenvalue weighted by Crippen LogP contribution is -2.47. The van der Waals surface area contributed by atoms with E-state index in [0.29, 0.717) is 32.2 Å². The fraction of sp³-hybridized carbons (Fsp3) is 0.200. The van der Waals surface area contributed by atoms with Gasteiger partial charge < -0.3 is 19.9 Å². The third-order valence-electron chi connectivity index (χ3n) is 5.97. The van der Waals surface area contributed by atoms with Crippen molar-refractivity contribution in [1.82, 2.24) is 5.32 Å². The summed E-state index contributed by atoms with van der Waals surface area (Å²) in [5.74, 6) is -9.76. The highest BCUT2D eigenvalue weighted by molar-refractivity contribution is 9.10. The van der Waals surface area contributed by atoms with Gasteiger partial charge in [0.25, 0.3) is 5.91 Å². The molecule has 1 saturated heterocycles. The average molecular weight is 650 g/mol. The first-order valence-corrected chi connectivity index (χ1v) is 12.9. The number of halogens is 7. The molecule has 0 saturated carbocycles. The predicted octanol–water partition coefficient (Wildman–Crippen LogP) is 6.26. The Hall–Kier alpha value is -3.16. The highest BCUT2D eigenvalue weighted by Crippen LogP contribution is 2.33. The van der Waals surface area contributed by atoms with Crippen LogP contribution in [0.4, 0.5) is 39.0 Å². The maximum Gasteiger partial charge on any atom is 0.257 e. The molecule has 14 heteroatoms. The fourth-order valence-corrected chi connectivity index (χ4v) is 5.08. The van der Waals surface area contributed by atoms with Crippen LogP contribution in [0.3, 0.4) is 0 Å². The van der Waals surface area contributed by atoms with Gasteiger partial charge in [-0.1, -0.05) is 11.6 Å². The minimum atomic E-state index is -2.19. The van der Waals surface area contributed by atoms with E-state index in [4.69, 9.17) is 28.6 Å². The number of ether oxygens (including phenoxy) is 1. The number of anilines is 3. The summed E-state index contributed by atoms with van der Waals surface area (Å²) in [6.45, 7) is 0.397. The Kier molecular flexibility index (Phi) is 8.82. The van der Waals surface area contributed by atoms with Crippen molar-refractivity contribution in [2.45, 2.75) is 0 Å². The van der Waals surface area contributed by atoms with Crippen molar-refractivity contribution in [3.8, 4) is 5.75 Å². The Morgan fingerprint density at radius 3 is 2.08 bits per heavy atom. The number of nitrogens with zero attached hydrogens (tertiary/aromatic N) is 2.